The molecule has 332 valence electrons. The van der Waals surface area contributed by atoms with Crippen molar-refractivity contribution >= 4 is 23.5 Å². The molecule has 6 aliphatic heterocycles. The molecule has 0 amide bonds. The predicted octanol–water partition coefficient (Wildman–Crippen LogP) is 12.7. The second-order valence-electron chi connectivity index (χ2n) is 22.1. The molecule has 8 nitrogen and oxygen atoms in total. The van der Waals surface area contributed by atoms with E-state index in [1.807, 2.05) is 43.4 Å². The van der Waals surface area contributed by atoms with Crippen LogP contribution in [-0.2, 0) is 31.1 Å². The van der Waals surface area contributed by atoms with Gasteiger partial charge in [-0.15, -0.1) is 0 Å². The van der Waals surface area contributed by atoms with Gasteiger partial charge in [0, 0.05) is 54.1 Å². The van der Waals surface area contributed by atoms with Crippen molar-refractivity contribution < 1.29 is 9.47 Å². The van der Waals surface area contributed by atoms with Crippen molar-refractivity contribution in [2.24, 2.45) is 11.3 Å². The summed E-state index contributed by atoms with van der Waals surface area (Å²) < 4.78 is 12.9. The molecule has 0 aliphatic carbocycles. The quantitative estimate of drug-likeness (QED) is 0.252. The summed E-state index contributed by atoms with van der Waals surface area (Å²) in [5.74, 6) is 2.76. The third-order valence-corrected chi connectivity index (χ3v) is 15.3. The molecule has 0 N–H and O–H groups in total. The van der Waals surface area contributed by atoms with Gasteiger partial charge in [0.25, 0.3) is 0 Å². The van der Waals surface area contributed by atoms with Crippen LogP contribution in [0.4, 0.5) is 11.4 Å². The zero-order chi connectivity index (χ0) is 46.9. The lowest BCUT2D eigenvalue weighted by Gasteiger charge is -2.53. The summed E-state index contributed by atoms with van der Waals surface area (Å²) in [4.78, 5) is 5.17. The number of hydrogen-bond donors (Lipinski definition) is 0. The summed E-state index contributed by atoms with van der Waals surface area (Å²) in [6.07, 6.45) is 19.4. The maximum Gasteiger partial charge on any atom is 0.137 e. The standard InChI is InChI=1S/C57H62N6O2/c1-36-22-39(41(31-58)32-59)27-44(64-36)14-12-38-25-48-52-49(26-38)57(10,11)43(35-63(52)21-18-55(48,6)7)30-56(8,9)50-29-40(42(33-60)34-61)28-45(65-50)15-13-37-23-46-51-47(24-37)54(4,5)17-20-62(51)19-16-53(46,2)3/h12-15,22-29,43H,16-21,30,35H2,1-11H3/b14-12+,15-13+. The van der Waals surface area contributed by atoms with Crippen molar-refractivity contribution in [3.05, 3.63) is 139 Å². The Hall–Kier alpha value is -6.48. The van der Waals surface area contributed by atoms with Crippen LogP contribution in [0.5, 0.6) is 0 Å². The molecular weight excluding hydrogens is 801 g/mol. The number of nitrogens with zero attached hydrogens (tertiary/aromatic N) is 6. The normalized spacial score (nSPS) is 22.0. The highest BCUT2D eigenvalue weighted by Crippen LogP contribution is 2.55. The van der Waals surface area contributed by atoms with Crippen LogP contribution in [0.2, 0.25) is 0 Å². The first kappa shape index (κ1) is 45.1. The van der Waals surface area contributed by atoms with E-state index in [0.717, 1.165) is 68.7 Å². The van der Waals surface area contributed by atoms with Crippen molar-refractivity contribution in [1.29, 1.82) is 21.0 Å². The van der Waals surface area contributed by atoms with E-state index in [2.05, 4.69) is 128 Å². The summed E-state index contributed by atoms with van der Waals surface area (Å²) in [5.41, 5.74) is 11.0. The molecule has 0 saturated heterocycles. The zero-order valence-corrected chi connectivity index (χ0v) is 40.2. The first-order chi connectivity index (χ1) is 30.6. The molecule has 0 bridgehead atoms. The van der Waals surface area contributed by atoms with Gasteiger partial charge in [0.1, 0.15) is 58.5 Å². The van der Waals surface area contributed by atoms with Crippen LogP contribution >= 0.6 is 0 Å². The van der Waals surface area contributed by atoms with Gasteiger partial charge in [-0.05, 0) is 154 Å². The second-order valence-corrected chi connectivity index (χ2v) is 22.1. The first-order valence-corrected chi connectivity index (χ1v) is 23.1. The van der Waals surface area contributed by atoms with E-state index in [0.29, 0.717) is 28.4 Å². The van der Waals surface area contributed by atoms with Crippen LogP contribution in [0.15, 0.2) is 106 Å². The average Bonchev–Trinajstić information content (AvgIpc) is 3.25. The Balaban J connectivity index is 1.12. The molecule has 0 fully saturated rings. The highest BCUT2D eigenvalue weighted by molar-refractivity contribution is 5.74. The van der Waals surface area contributed by atoms with Gasteiger partial charge in [-0.1, -0.05) is 81.4 Å². The molecule has 0 saturated carbocycles. The molecule has 8 rings (SSSR count). The van der Waals surface area contributed by atoms with Gasteiger partial charge < -0.3 is 19.3 Å². The van der Waals surface area contributed by atoms with Crippen molar-refractivity contribution in [3.63, 3.8) is 0 Å². The van der Waals surface area contributed by atoms with Crippen LogP contribution in [-0.4, -0.2) is 26.2 Å². The second kappa shape index (κ2) is 16.2. The lowest BCUT2D eigenvalue weighted by atomic mass is 9.61. The predicted molar refractivity (Wildman–Crippen MR) is 260 cm³/mol. The van der Waals surface area contributed by atoms with Crippen molar-refractivity contribution in [3.8, 4) is 24.3 Å². The molecule has 0 spiro atoms. The van der Waals surface area contributed by atoms with Crippen molar-refractivity contribution in [1.82, 2.24) is 0 Å². The lowest BCUT2D eigenvalue weighted by Crippen LogP contribution is -2.51. The topological polar surface area (TPSA) is 120 Å². The Labute approximate surface area is 387 Å². The fourth-order valence-electron chi connectivity index (χ4n) is 10.9. The highest BCUT2D eigenvalue weighted by atomic mass is 16.5. The SMILES string of the molecule is CC1=CC(=C(C#N)C#N)C=C(/C=C/c2cc3c4c(c2)C(C)(C)C(CC(C)(C)C2=CC(=C(C#N)C#N)C=C(/C=C/c5cc6c7c(c5)C(C)(C)CCN7CCC6(C)C)O2)CN4CCC3(C)C)O1. The zero-order valence-electron chi connectivity index (χ0n) is 40.2. The highest BCUT2D eigenvalue weighted by Gasteiger charge is 2.47. The van der Waals surface area contributed by atoms with Crippen LogP contribution in [0.3, 0.4) is 0 Å². The third-order valence-electron chi connectivity index (χ3n) is 15.3. The minimum absolute atomic E-state index is 0.0290. The fraction of sp³-hybridized carbons (Fsp3) is 0.439. The van der Waals surface area contributed by atoms with E-state index in [-0.39, 0.29) is 38.7 Å². The Morgan fingerprint density at radius 1 is 0.615 bits per heavy atom. The fourth-order valence-corrected chi connectivity index (χ4v) is 10.9. The molecule has 0 aromatic heterocycles. The van der Waals surface area contributed by atoms with Gasteiger partial charge in [-0.2, -0.15) is 21.0 Å². The van der Waals surface area contributed by atoms with Crippen LogP contribution in [0.25, 0.3) is 12.2 Å². The molecule has 0 radical (unpaired) electrons. The molecule has 1 atom stereocenters. The van der Waals surface area contributed by atoms with E-state index in [1.54, 1.807) is 12.2 Å². The molecule has 6 heterocycles. The smallest absolute Gasteiger partial charge is 0.137 e. The Morgan fingerprint density at radius 2 is 1.05 bits per heavy atom. The molecular formula is C57H62N6O2. The lowest BCUT2D eigenvalue weighted by molar-refractivity contribution is 0.149. The number of hydrogen-bond acceptors (Lipinski definition) is 8. The molecule has 1 unspecified atom stereocenters. The van der Waals surface area contributed by atoms with E-state index in [9.17, 15) is 21.0 Å². The van der Waals surface area contributed by atoms with Gasteiger partial charge in [0.15, 0.2) is 0 Å². The van der Waals surface area contributed by atoms with Crippen LogP contribution in [0.1, 0.15) is 135 Å². The summed E-state index contributed by atoms with van der Waals surface area (Å²) >= 11 is 0. The van der Waals surface area contributed by atoms with Gasteiger partial charge in [-0.3, -0.25) is 0 Å². The van der Waals surface area contributed by atoms with E-state index in [4.69, 9.17) is 9.47 Å². The minimum atomic E-state index is -0.468. The number of allylic oxidation sites excluding steroid dienone is 12. The summed E-state index contributed by atoms with van der Waals surface area (Å²) in [6.45, 7) is 29.2. The number of nitriles is 4. The Bertz CT molecular complexity index is 2740. The molecule has 2 aromatic rings. The maximum absolute atomic E-state index is 10.1. The number of rotatable bonds is 7. The van der Waals surface area contributed by atoms with Crippen molar-refractivity contribution in [2.75, 3.05) is 36.0 Å². The molecule has 65 heavy (non-hydrogen) atoms. The van der Waals surface area contributed by atoms with Crippen LogP contribution < -0.4 is 9.80 Å². The van der Waals surface area contributed by atoms with Gasteiger partial charge in [-0.25, -0.2) is 0 Å². The number of anilines is 2. The Morgan fingerprint density at radius 3 is 1.54 bits per heavy atom. The maximum atomic E-state index is 10.1. The molecule has 8 heteroatoms. The monoisotopic (exact) mass is 862 g/mol. The first-order valence-electron chi connectivity index (χ1n) is 23.1. The summed E-state index contributed by atoms with van der Waals surface area (Å²) in [5, 5.41) is 39.3. The van der Waals surface area contributed by atoms with Crippen LogP contribution in [0, 0.1) is 56.7 Å². The minimum Gasteiger partial charge on any atom is -0.462 e. The van der Waals surface area contributed by atoms with Gasteiger partial charge in [0.05, 0.1) is 0 Å². The van der Waals surface area contributed by atoms with Gasteiger partial charge in [0.2, 0.25) is 0 Å². The van der Waals surface area contributed by atoms with E-state index >= 15 is 0 Å². The summed E-state index contributed by atoms with van der Waals surface area (Å²) in [7, 11) is 0. The summed E-state index contributed by atoms with van der Waals surface area (Å²) in [6, 6.07) is 17.6. The van der Waals surface area contributed by atoms with E-state index in [1.165, 1.54) is 33.6 Å². The molecule has 6 aliphatic rings. The van der Waals surface area contributed by atoms with E-state index < -0.39 is 5.41 Å². The number of benzene rings is 2. The van der Waals surface area contributed by atoms with Crippen molar-refractivity contribution in [2.45, 2.75) is 124 Å². The van der Waals surface area contributed by atoms with Gasteiger partial charge >= 0.3 is 0 Å². The largest absolute Gasteiger partial charge is 0.462 e. The average molecular weight is 863 g/mol. The number of ether oxygens (including phenoxy) is 2. The Kier molecular flexibility index (Phi) is 11.2. The third kappa shape index (κ3) is 8.26. The molecule has 2 aromatic carbocycles.